The summed E-state index contributed by atoms with van der Waals surface area (Å²) in [5.74, 6) is 1.42. The Bertz CT molecular complexity index is 397. The molecule has 1 fully saturated rings. The lowest BCUT2D eigenvalue weighted by Crippen LogP contribution is -2.20. The normalized spacial score (nSPS) is 19.9. The Kier molecular flexibility index (Phi) is 3.95. The minimum atomic E-state index is 0.299. The summed E-state index contributed by atoms with van der Waals surface area (Å²) in [5.41, 5.74) is 2.28. The lowest BCUT2D eigenvalue weighted by Gasteiger charge is -2.19. The summed E-state index contributed by atoms with van der Waals surface area (Å²) >= 11 is 6.18. The van der Waals surface area contributed by atoms with Crippen molar-refractivity contribution >= 4 is 11.6 Å². The summed E-state index contributed by atoms with van der Waals surface area (Å²) in [4.78, 5) is 0. The summed E-state index contributed by atoms with van der Waals surface area (Å²) < 4.78 is 6.08. The minimum absolute atomic E-state index is 0.299. The van der Waals surface area contributed by atoms with Crippen LogP contribution in [0.25, 0.3) is 0 Å². The smallest absolute Gasteiger partial charge is 0.123 e. The third kappa shape index (κ3) is 2.93. The Morgan fingerprint density at radius 3 is 2.76 bits per heavy atom. The molecule has 1 unspecified atom stereocenters. The van der Waals surface area contributed by atoms with Gasteiger partial charge in [-0.3, -0.25) is 0 Å². The molecule has 1 aromatic carbocycles. The average molecular weight is 254 g/mol. The second-order valence-electron chi connectivity index (χ2n) is 5.03. The van der Waals surface area contributed by atoms with Crippen LogP contribution in [0.5, 0.6) is 5.75 Å². The SMILES string of the molecule is Cc1cc(OC2CCNC2)c(C(C)C)cc1Cl. The second-order valence-corrected chi connectivity index (χ2v) is 5.43. The van der Waals surface area contributed by atoms with Gasteiger partial charge in [-0.2, -0.15) is 0 Å². The maximum absolute atomic E-state index is 6.18. The summed E-state index contributed by atoms with van der Waals surface area (Å²) in [6.45, 7) is 8.35. The number of halogens is 1. The topological polar surface area (TPSA) is 21.3 Å². The third-order valence-electron chi connectivity index (χ3n) is 3.22. The first-order valence-corrected chi connectivity index (χ1v) is 6.63. The van der Waals surface area contributed by atoms with Gasteiger partial charge < -0.3 is 10.1 Å². The molecule has 1 aromatic rings. The van der Waals surface area contributed by atoms with E-state index in [2.05, 4.69) is 25.2 Å². The van der Waals surface area contributed by atoms with Crippen LogP contribution in [-0.4, -0.2) is 19.2 Å². The Hall–Kier alpha value is -0.730. The molecule has 0 aromatic heterocycles. The fourth-order valence-electron chi connectivity index (χ4n) is 2.13. The summed E-state index contributed by atoms with van der Waals surface area (Å²) in [6, 6.07) is 4.11. The van der Waals surface area contributed by atoms with E-state index < -0.39 is 0 Å². The van der Waals surface area contributed by atoms with E-state index in [0.717, 1.165) is 35.8 Å². The van der Waals surface area contributed by atoms with E-state index in [9.17, 15) is 0 Å². The molecule has 2 nitrogen and oxygen atoms in total. The van der Waals surface area contributed by atoms with Crippen molar-refractivity contribution in [2.45, 2.75) is 39.2 Å². The van der Waals surface area contributed by atoms with Gasteiger partial charge in [0.2, 0.25) is 0 Å². The number of nitrogens with one attached hydrogen (secondary N) is 1. The van der Waals surface area contributed by atoms with Crippen molar-refractivity contribution in [3.8, 4) is 5.75 Å². The maximum Gasteiger partial charge on any atom is 0.123 e. The molecule has 0 spiro atoms. The van der Waals surface area contributed by atoms with Crippen LogP contribution in [0, 0.1) is 6.92 Å². The minimum Gasteiger partial charge on any atom is -0.489 e. The van der Waals surface area contributed by atoms with Crippen LogP contribution < -0.4 is 10.1 Å². The van der Waals surface area contributed by atoms with Crippen molar-refractivity contribution in [2.24, 2.45) is 0 Å². The number of rotatable bonds is 3. The summed E-state index contributed by atoms with van der Waals surface area (Å²) in [6.07, 6.45) is 1.38. The van der Waals surface area contributed by atoms with E-state index in [-0.39, 0.29) is 0 Å². The molecule has 1 heterocycles. The first-order chi connectivity index (χ1) is 8.08. The Morgan fingerprint density at radius 1 is 1.41 bits per heavy atom. The van der Waals surface area contributed by atoms with Crippen LogP contribution in [0.3, 0.4) is 0 Å². The van der Waals surface area contributed by atoms with E-state index in [1.54, 1.807) is 0 Å². The molecule has 3 heteroatoms. The van der Waals surface area contributed by atoms with Crippen molar-refractivity contribution in [2.75, 3.05) is 13.1 Å². The van der Waals surface area contributed by atoms with Crippen LogP contribution in [0.1, 0.15) is 37.3 Å². The molecular weight excluding hydrogens is 234 g/mol. The highest BCUT2D eigenvalue weighted by Crippen LogP contribution is 2.33. The number of hydrogen-bond donors (Lipinski definition) is 1. The van der Waals surface area contributed by atoms with Gasteiger partial charge in [-0.1, -0.05) is 25.4 Å². The van der Waals surface area contributed by atoms with Crippen molar-refractivity contribution in [1.82, 2.24) is 5.32 Å². The van der Waals surface area contributed by atoms with E-state index in [1.165, 1.54) is 5.56 Å². The molecule has 94 valence electrons. The van der Waals surface area contributed by atoms with Gasteiger partial charge in [0.05, 0.1) is 0 Å². The largest absolute Gasteiger partial charge is 0.489 e. The van der Waals surface area contributed by atoms with Crippen LogP contribution in [-0.2, 0) is 0 Å². The zero-order valence-corrected chi connectivity index (χ0v) is 11.5. The monoisotopic (exact) mass is 253 g/mol. The van der Waals surface area contributed by atoms with Gasteiger partial charge in [-0.25, -0.2) is 0 Å². The highest BCUT2D eigenvalue weighted by atomic mass is 35.5. The molecule has 1 atom stereocenters. The van der Waals surface area contributed by atoms with Gasteiger partial charge in [-0.15, -0.1) is 0 Å². The van der Waals surface area contributed by atoms with Crippen molar-refractivity contribution < 1.29 is 4.74 Å². The maximum atomic E-state index is 6.18. The molecule has 1 saturated heterocycles. The highest BCUT2D eigenvalue weighted by Gasteiger charge is 2.19. The predicted molar refractivity (Wildman–Crippen MR) is 72.2 cm³/mol. The molecule has 1 aliphatic heterocycles. The quantitative estimate of drug-likeness (QED) is 0.890. The first kappa shape index (κ1) is 12.7. The average Bonchev–Trinajstić information content (AvgIpc) is 2.75. The Balaban J connectivity index is 2.26. The van der Waals surface area contributed by atoms with E-state index in [0.29, 0.717) is 12.0 Å². The molecule has 0 radical (unpaired) electrons. The van der Waals surface area contributed by atoms with E-state index in [1.807, 2.05) is 13.0 Å². The van der Waals surface area contributed by atoms with Gasteiger partial charge in [0.15, 0.2) is 0 Å². The predicted octanol–water partition coefficient (Wildman–Crippen LogP) is 3.51. The van der Waals surface area contributed by atoms with Gasteiger partial charge in [0.1, 0.15) is 11.9 Å². The second kappa shape index (κ2) is 5.28. The number of ether oxygens (including phenoxy) is 1. The zero-order valence-electron chi connectivity index (χ0n) is 10.7. The molecule has 1 aliphatic rings. The van der Waals surface area contributed by atoms with Crippen LogP contribution >= 0.6 is 11.6 Å². The van der Waals surface area contributed by atoms with Gasteiger partial charge >= 0.3 is 0 Å². The molecule has 1 N–H and O–H groups in total. The lowest BCUT2D eigenvalue weighted by molar-refractivity contribution is 0.220. The molecule has 0 saturated carbocycles. The fourth-order valence-corrected chi connectivity index (χ4v) is 2.30. The van der Waals surface area contributed by atoms with Crippen LogP contribution in [0.4, 0.5) is 0 Å². The molecule has 2 rings (SSSR count). The number of hydrogen-bond acceptors (Lipinski definition) is 2. The van der Waals surface area contributed by atoms with Gasteiger partial charge in [0.25, 0.3) is 0 Å². The Labute approximate surface area is 108 Å². The molecular formula is C14H20ClNO. The van der Waals surface area contributed by atoms with Crippen LogP contribution in [0.2, 0.25) is 5.02 Å². The Morgan fingerprint density at radius 2 is 2.18 bits per heavy atom. The van der Waals surface area contributed by atoms with Gasteiger partial charge in [0, 0.05) is 11.6 Å². The lowest BCUT2D eigenvalue weighted by atomic mass is 10.0. The van der Waals surface area contributed by atoms with Crippen molar-refractivity contribution in [3.05, 3.63) is 28.3 Å². The molecule has 0 aliphatic carbocycles. The molecule has 0 bridgehead atoms. The summed E-state index contributed by atoms with van der Waals surface area (Å²) in [7, 11) is 0. The highest BCUT2D eigenvalue weighted by molar-refractivity contribution is 6.31. The zero-order chi connectivity index (χ0) is 12.4. The van der Waals surface area contributed by atoms with Gasteiger partial charge in [-0.05, 0) is 49.1 Å². The number of aryl methyl sites for hydroxylation is 1. The van der Waals surface area contributed by atoms with Crippen molar-refractivity contribution in [1.29, 1.82) is 0 Å². The number of benzene rings is 1. The van der Waals surface area contributed by atoms with E-state index in [4.69, 9.17) is 16.3 Å². The van der Waals surface area contributed by atoms with Crippen molar-refractivity contribution in [3.63, 3.8) is 0 Å². The standard InChI is InChI=1S/C14H20ClNO/c1-9(2)12-7-13(15)10(3)6-14(12)17-11-4-5-16-8-11/h6-7,9,11,16H,4-5,8H2,1-3H3. The fraction of sp³-hybridized carbons (Fsp3) is 0.571. The summed E-state index contributed by atoms with van der Waals surface area (Å²) in [5, 5.41) is 4.14. The first-order valence-electron chi connectivity index (χ1n) is 6.25. The van der Waals surface area contributed by atoms with Crippen LogP contribution in [0.15, 0.2) is 12.1 Å². The van der Waals surface area contributed by atoms with E-state index >= 15 is 0 Å². The molecule has 17 heavy (non-hydrogen) atoms. The third-order valence-corrected chi connectivity index (χ3v) is 3.63. The molecule has 0 amide bonds.